The van der Waals surface area contributed by atoms with Crippen molar-refractivity contribution in [1.29, 1.82) is 0 Å². The maximum atomic E-state index is 12.8. The first-order chi connectivity index (χ1) is 13.2. The number of piperidine rings is 1. The zero-order valence-electron chi connectivity index (χ0n) is 15.7. The van der Waals surface area contributed by atoms with Crippen LogP contribution < -0.4 is 15.8 Å². The molecule has 7 nitrogen and oxygen atoms in total. The van der Waals surface area contributed by atoms with Crippen LogP contribution in [0.15, 0.2) is 24.3 Å². The largest absolute Gasteiger partial charge is 0.491 e. The number of hydrogen-bond acceptors (Lipinski definition) is 5. The van der Waals surface area contributed by atoms with Crippen LogP contribution in [0.4, 0.5) is 0 Å². The van der Waals surface area contributed by atoms with Crippen LogP contribution >= 0.6 is 0 Å². The molecule has 0 aromatic heterocycles. The lowest BCUT2D eigenvalue weighted by Crippen LogP contribution is -2.46. The molecule has 2 unspecified atom stereocenters. The highest BCUT2D eigenvalue weighted by Crippen LogP contribution is 2.21. The quantitative estimate of drug-likeness (QED) is 0.746. The van der Waals surface area contributed by atoms with E-state index in [-0.39, 0.29) is 23.8 Å². The Morgan fingerprint density at radius 2 is 2.04 bits per heavy atom. The number of carbonyl (C=O) groups is 2. The lowest BCUT2D eigenvalue weighted by Gasteiger charge is -2.32. The first-order valence-electron chi connectivity index (χ1n) is 9.79. The fourth-order valence-electron chi connectivity index (χ4n) is 3.56. The molecule has 3 N–H and O–H groups in total. The molecule has 1 aromatic carbocycles. The average molecular weight is 375 g/mol. The molecule has 27 heavy (non-hydrogen) atoms. The van der Waals surface area contributed by atoms with E-state index in [9.17, 15) is 9.59 Å². The number of nitrogens with two attached hydrogens (primary N) is 1. The average Bonchev–Trinajstić information content (AvgIpc) is 3.24. The maximum absolute atomic E-state index is 12.8. The second-order valence-electron chi connectivity index (χ2n) is 7.14. The smallest absolute Gasteiger partial charge is 0.253 e. The molecule has 0 spiro atoms. The molecular formula is C20H29N3O4. The van der Waals surface area contributed by atoms with Gasteiger partial charge in [-0.05, 0) is 49.9 Å². The number of rotatable bonds is 7. The molecular weight excluding hydrogens is 346 g/mol. The van der Waals surface area contributed by atoms with Crippen molar-refractivity contribution in [3.63, 3.8) is 0 Å². The Morgan fingerprint density at radius 1 is 1.22 bits per heavy atom. The number of amides is 2. The third-order valence-electron chi connectivity index (χ3n) is 5.08. The summed E-state index contributed by atoms with van der Waals surface area (Å²) in [5.74, 6) is 0.510. The van der Waals surface area contributed by atoms with Gasteiger partial charge in [0.05, 0.1) is 12.0 Å². The Labute approximate surface area is 160 Å². The van der Waals surface area contributed by atoms with Crippen LogP contribution in [-0.4, -0.2) is 62.2 Å². The number of likely N-dealkylation sites (tertiary alicyclic amines) is 1. The van der Waals surface area contributed by atoms with Gasteiger partial charge in [0.1, 0.15) is 12.4 Å². The van der Waals surface area contributed by atoms with E-state index in [1.165, 1.54) is 0 Å². The predicted molar refractivity (Wildman–Crippen MR) is 102 cm³/mol. The summed E-state index contributed by atoms with van der Waals surface area (Å²) in [5.41, 5.74) is 6.04. The molecule has 3 rings (SSSR count). The van der Waals surface area contributed by atoms with Gasteiger partial charge in [-0.1, -0.05) is 0 Å². The molecule has 2 atom stereocenters. The summed E-state index contributed by atoms with van der Waals surface area (Å²) in [5, 5.41) is 2.82. The predicted octanol–water partition coefficient (Wildman–Crippen LogP) is 1.17. The van der Waals surface area contributed by atoms with E-state index in [0.717, 1.165) is 38.0 Å². The van der Waals surface area contributed by atoms with Crippen LogP contribution in [0, 0.1) is 5.92 Å². The van der Waals surface area contributed by atoms with Crippen LogP contribution in [0.2, 0.25) is 0 Å². The van der Waals surface area contributed by atoms with E-state index in [2.05, 4.69) is 5.32 Å². The van der Waals surface area contributed by atoms with Gasteiger partial charge in [0.15, 0.2) is 0 Å². The Balaban J connectivity index is 1.52. The molecule has 1 aromatic rings. The van der Waals surface area contributed by atoms with Crippen molar-refractivity contribution in [2.24, 2.45) is 11.7 Å². The molecule has 0 bridgehead atoms. The monoisotopic (exact) mass is 375 g/mol. The highest BCUT2D eigenvalue weighted by atomic mass is 16.5. The lowest BCUT2D eigenvalue weighted by molar-refractivity contribution is -0.126. The summed E-state index contributed by atoms with van der Waals surface area (Å²) >= 11 is 0. The van der Waals surface area contributed by atoms with Crippen molar-refractivity contribution in [3.05, 3.63) is 29.8 Å². The van der Waals surface area contributed by atoms with Gasteiger partial charge in [0.25, 0.3) is 5.91 Å². The number of ether oxygens (including phenoxy) is 2. The summed E-state index contributed by atoms with van der Waals surface area (Å²) in [6, 6.07) is 7.20. The fraction of sp³-hybridized carbons (Fsp3) is 0.600. The minimum absolute atomic E-state index is 0.0178. The van der Waals surface area contributed by atoms with Crippen LogP contribution in [0.3, 0.4) is 0 Å². The minimum atomic E-state index is -0.164. The Kier molecular flexibility index (Phi) is 7.06. The third-order valence-corrected chi connectivity index (χ3v) is 5.08. The number of hydrogen-bond donors (Lipinski definition) is 2. The topological polar surface area (TPSA) is 93.9 Å². The van der Waals surface area contributed by atoms with Crippen molar-refractivity contribution < 1.29 is 19.1 Å². The molecule has 2 amide bonds. The molecule has 2 fully saturated rings. The molecule has 2 aliphatic rings. The molecule has 0 radical (unpaired) electrons. The van der Waals surface area contributed by atoms with Crippen LogP contribution in [0.1, 0.15) is 36.0 Å². The van der Waals surface area contributed by atoms with Crippen molar-refractivity contribution in [2.45, 2.75) is 31.8 Å². The van der Waals surface area contributed by atoms with Crippen molar-refractivity contribution in [3.8, 4) is 5.75 Å². The standard InChI is InChI=1S/C20H29N3O4/c21-9-10-22-19(24)16-3-1-11-23(13-16)20(25)15-5-7-17(8-6-15)27-14-18-4-2-12-26-18/h5-8,16,18H,1-4,9-14,21H2,(H,22,24). The van der Waals surface area contributed by atoms with Crippen LogP contribution in [0.25, 0.3) is 0 Å². The van der Waals surface area contributed by atoms with Gasteiger partial charge in [0, 0.05) is 38.3 Å². The fourth-order valence-corrected chi connectivity index (χ4v) is 3.56. The normalized spacial score (nSPS) is 22.5. The zero-order valence-corrected chi connectivity index (χ0v) is 15.7. The highest BCUT2D eigenvalue weighted by Gasteiger charge is 2.28. The summed E-state index contributed by atoms with van der Waals surface area (Å²) in [7, 11) is 0. The number of nitrogens with one attached hydrogen (secondary N) is 1. The number of carbonyl (C=O) groups excluding carboxylic acids is 2. The summed E-state index contributed by atoms with van der Waals surface area (Å²) < 4.78 is 11.3. The van der Waals surface area contributed by atoms with Crippen molar-refractivity contribution in [2.75, 3.05) is 39.4 Å². The molecule has 0 aliphatic carbocycles. The van der Waals surface area contributed by atoms with E-state index in [1.807, 2.05) is 12.1 Å². The van der Waals surface area contributed by atoms with E-state index in [0.29, 0.717) is 38.3 Å². The van der Waals surface area contributed by atoms with Gasteiger partial charge < -0.3 is 25.4 Å². The second kappa shape index (κ2) is 9.71. The molecule has 7 heteroatoms. The third kappa shape index (κ3) is 5.43. The van der Waals surface area contributed by atoms with Gasteiger partial charge in [-0.15, -0.1) is 0 Å². The van der Waals surface area contributed by atoms with Gasteiger partial charge >= 0.3 is 0 Å². The Hall–Kier alpha value is -2.12. The number of benzene rings is 1. The van der Waals surface area contributed by atoms with Crippen molar-refractivity contribution in [1.82, 2.24) is 10.2 Å². The first kappa shape index (κ1) is 19.6. The van der Waals surface area contributed by atoms with Gasteiger partial charge in [-0.2, -0.15) is 0 Å². The van der Waals surface area contributed by atoms with Crippen LogP contribution in [0.5, 0.6) is 5.75 Å². The first-order valence-corrected chi connectivity index (χ1v) is 9.79. The molecule has 2 saturated heterocycles. The van der Waals surface area contributed by atoms with E-state index >= 15 is 0 Å². The SMILES string of the molecule is NCCNC(=O)C1CCCN(C(=O)c2ccc(OCC3CCCO3)cc2)C1. The number of nitrogens with zero attached hydrogens (tertiary/aromatic N) is 1. The molecule has 0 saturated carbocycles. The maximum Gasteiger partial charge on any atom is 0.253 e. The van der Waals surface area contributed by atoms with Gasteiger partial charge in [0.2, 0.25) is 5.91 Å². The van der Waals surface area contributed by atoms with Crippen molar-refractivity contribution >= 4 is 11.8 Å². The Morgan fingerprint density at radius 3 is 2.74 bits per heavy atom. The highest BCUT2D eigenvalue weighted by molar-refractivity contribution is 5.94. The zero-order chi connectivity index (χ0) is 19.1. The van der Waals surface area contributed by atoms with E-state index in [4.69, 9.17) is 15.2 Å². The van der Waals surface area contributed by atoms with Crippen LogP contribution in [-0.2, 0) is 9.53 Å². The lowest BCUT2D eigenvalue weighted by atomic mass is 9.96. The van der Waals surface area contributed by atoms with Gasteiger partial charge in [-0.25, -0.2) is 0 Å². The molecule has 2 aliphatic heterocycles. The molecule has 2 heterocycles. The summed E-state index contributed by atoms with van der Waals surface area (Å²) in [4.78, 5) is 26.7. The summed E-state index contributed by atoms with van der Waals surface area (Å²) in [6.45, 7) is 3.36. The van der Waals surface area contributed by atoms with E-state index in [1.54, 1.807) is 17.0 Å². The summed E-state index contributed by atoms with van der Waals surface area (Å²) in [6.07, 6.45) is 3.92. The minimum Gasteiger partial charge on any atom is -0.491 e. The second-order valence-corrected chi connectivity index (χ2v) is 7.14. The Bertz CT molecular complexity index is 629. The molecule has 148 valence electrons. The van der Waals surface area contributed by atoms with Gasteiger partial charge in [-0.3, -0.25) is 9.59 Å². The van der Waals surface area contributed by atoms with E-state index < -0.39 is 0 Å².